The molecule has 2 aromatic carbocycles. The molecule has 0 radical (unpaired) electrons. The summed E-state index contributed by atoms with van der Waals surface area (Å²) in [6.07, 6.45) is 0. The molecule has 0 saturated carbocycles. The van der Waals surface area contributed by atoms with Gasteiger partial charge in [-0.2, -0.15) is 0 Å². The molecule has 0 saturated heterocycles. The van der Waals surface area contributed by atoms with Crippen molar-refractivity contribution < 1.29 is 0 Å². The second kappa shape index (κ2) is 5.02. The lowest BCUT2D eigenvalue weighted by Crippen LogP contribution is -2.05. The third-order valence-electron chi connectivity index (χ3n) is 3.15. The summed E-state index contributed by atoms with van der Waals surface area (Å²) in [5, 5.41) is 12.0. The molecule has 3 rings (SSSR count). The summed E-state index contributed by atoms with van der Waals surface area (Å²) in [5.74, 6) is 0.795. The number of aromatic nitrogens is 4. The van der Waals surface area contributed by atoms with Gasteiger partial charge >= 0.3 is 0 Å². The Morgan fingerprint density at radius 1 is 0.947 bits per heavy atom. The van der Waals surface area contributed by atoms with Crippen LogP contribution >= 0.6 is 0 Å². The Kier molecular flexibility index (Phi) is 3.06. The van der Waals surface area contributed by atoms with E-state index in [1.807, 2.05) is 47.1 Å². The molecule has 0 aliphatic rings. The molecule has 94 valence electrons. The first kappa shape index (κ1) is 11.6. The SMILES string of the molecule is Cc1ccccc1Cn1nnnc1-c1ccccc1. The van der Waals surface area contributed by atoms with Crippen molar-refractivity contribution in [3.63, 3.8) is 0 Å². The van der Waals surface area contributed by atoms with Crippen molar-refractivity contribution >= 4 is 0 Å². The van der Waals surface area contributed by atoms with Gasteiger partial charge < -0.3 is 0 Å². The van der Waals surface area contributed by atoms with Crippen LogP contribution in [0.15, 0.2) is 54.6 Å². The van der Waals surface area contributed by atoms with E-state index in [1.54, 1.807) is 0 Å². The second-order valence-electron chi connectivity index (χ2n) is 4.45. The monoisotopic (exact) mass is 250 g/mol. The molecule has 0 aliphatic heterocycles. The van der Waals surface area contributed by atoms with Crippen LogP contribution in [0.3, 0.4) is 0 Å². The number of nitrogens with zero attached hydrogens (tertiary/aromatic N) is 4. The Morgan fingerprint density at radius 2 is 1.68 bits per heavy atom. The Morgan fingerprint density at radius 3 is 2.47 bits per heavy atom. The minimum atomic E-state index is 0.684. The number of benzene rings is 2. The highest BCUT2D eigenvalue weighted by Crippen LogP contribution is 2.17. The summed E-state index contributed by atoms with van der Waals surface area (Å²) in [7, 11) is 0. The van der Waals surface area contributed by atoms with Gasteiger partial charge in [0.1, 0.15) is 0 Å². The molecule has 4 heteroatoms. The number of aryl methyl sites for hydroxylation is 1. The fourth-order valence-electron chi connectivity index (χ4n) is 2.05. The standard InChI is InChI=1S/C15H14N4/c1-12-7-5-6-10-14(12)11-19-15(16-17-18-19)13-8-3-2-4-9-13/h2-10H,11H2,1H3. The highest BCUT2D eigenvalue weighted by Gasteiger charge is 2.09. The molecular weight excluding hydrogens is 236 g/mol. The van der Waals surface area contributed by atoms with Gasteiger partial charge in [-0.3, -0.25) is 0 Å². The zero-order valence-electron chi connectivity index (χ0n) is 10.7. The van der Waals surface area contributed by atoms with Gasteiger partial charge in [0.25, 0.3) is 0 Å². The maximum Gasteiger partial charge on any atom is 0.182 e. The maximum absolute atomic E-state index is 4.11. The van der Waals surface area contributed by atoms with Crippen molar-refractivity contribution in [2.24, 2.45) is 0 Å². The molecule has 1 aromatic heterocycles. The highest BCUT2D eigenvalue weighted by molar-refractivity contribution is 5.54. The lowest BCUT2D eigenvalue weighted by Gasteiger charge is -2.07. The normalized spacial score (nSPS) is 10.6. The van der Waals surface area contributed by atoms with Crippen LogP contribution in [0.1, 0.15) is 11.1 Å². The lowest BCUT2D eigenvalue weighted by atomic mass is 10.1. The molecule has 19 heavy (non-hydrogen) atoms. The molecule has 0 unspecified atom stereocenters. The minimum Gasteiger partial charge on any atom is -0.221 e. The smallest absolute Gasteiger partial charge is 0.182 e. The average Bonchev–Trinajstić information content (AvgIpc) is 2.91. The lowest BCUT2D eigenvalue weighted by molar-refractivity contribution is 0.651. The first-order valence-electron chi connectivity index (χ1n) is 6.21. The van der Waals surface area contributed by atoms with Crippen molar-refractivity contribution in [2.75, 3.05) is 0 Å². The molecule has 4 nitrogen and oxygen atoms in total. The second-order valence-corrected chi connectivity index (χ2v) is 4.45. The molecule has 0 fully saturated rings. The highest BCUT2D eigenvalue weighted by atomic mass is 15.5. The van der Waals surface area contributed by atoms with Crippen LogP contribution in [-0.2, 0) is 6.54 Å². The Bertz CT molecular complexity index is 673. The van der Waals surface area contributed by atoms with Gasteiger partial charge in [-0.25, -0.2) is 4.68 Å². The van der Waals surface area contributed by atoms with Crippen molar-refractivity contribution in [3.05, 3.63) is 65.7 Å². The third-order valence-corrected chi connectivity index (χ3v) is 3.15. The minimum absolute atomic E-state index is 0.684. The van der Waals surface area contributed by atoms with Gasteiger partial charge in [-0.15, -0.1) is 5.10 Å². The van der Waals surface area contributed by atoms with Crippen molar-refractivity contribution in [1.29, 1.82) is 0 Å². The molecule has 0 spiro atoms. The largest absolute Gasteiger partial charge is 0.221 e. The molecule has 3 aromatic rings. The van der Waals surface area contributed by atoms with Crippen LogP contribution in [0.4, 0.5) is 0 Å². The quantitative estimate of drug-likeness (QED) is 0.717. The van der Waals surface area contributed by atoms with E-state index in [4.69, 9.17) is 0 Å². The van der Waals surface area contributed by atoms with Gasteiger partial charge in [-0.05, 0) is 28.5 Å². The van der Waals surface area contributed by atoms with Crippen LogP contribution in [0.2, 0.25) is 0 Å². The Balaban J connectivity index is 1.96. The first-order valence-corrected chi connectivity index (χ1v) is 6.21. The van der Waals surface area contributed by atoms with Gasteiger partial charge in [0, 0.05) is 5.56 Å². The van der Waals surface area contributed by atoms with Crippen molar-refractivity contribution in [2.45, 2.75) is 13.5 Å². The molecule has 0 bridgehead atoms. The van der Waals surface area contributed by atoms with E-state index in [0.717, 1.165) is 11.4 Å². The van der Waals surface area contributed by atoms with Crippen LogP contribution in [-0.4, -0.2) is 20.2 Å². The zero-order chi connectivity index (χ0) is 13.1. The van der Waals surface area contributed by atoms with Gasteiger partial charge in [0.05, 0.1) is 6.54 Å². The van der Waals surface area contributed by atoms with Crippen LogP contribution < -0.4 is 0 Å². The average molecular weight is 250 g/mol. The van der Waals surface area contributed by atoms with Gasteiger partial charge in [-0.1, -0.05) is 54.6 Å². The van der Waals surface area contributed by atoms with E-state index >= 15 is 0 Å². The third kappa shape index (κ3) is 2.38. The Hall–Kier alpha value is -2.49. The van der Waals surface area contributed by atoms with Crippen molar-refractivity contribution in [1.82, 2.24) is 20.2 Å². The van der Waals surface area contributed by atoms with Crippen LogP contribution in [0, 0.1) is 6.92 Å². The molecule has 1 heterocycles. The first-order chi connectivity index (χ1) is 9.34. The predicted octanol–water partition coefficient (Wildman–Crippen LogP) is 2.70. The van der Waals surface area contributed by atoms with E-state index in [-0.39, 0.29) is 0 Å². The molecule has 0 aliphatic carbocycles. The number of tetrazole rings is 1. The molecule has 0 atom stereocenters. The van der Waals surface area contributed by atoms with Crippen molar-refractivity contribution in [3.8, 4) is 11.4 Å². The summed E-state index contributed by atoms with van der Waals surface area (Å²) in [4.78, 5) is 0. The zero-order valence-corrected chi connectivity index (χ0v) is 10.7. The van der Waals surface area contributed by atoms with Gasteiger partial charge in [0.2, 0.25) is 0 Å². The number of hydrogen-bond acceptors (Lipinski definition) is 3. The van der Waals surface area contributed by atoms with E-state index in [9.17, 15) is 0 Å². The summed E-state index contributed by atoms with van der Waals surface area (Å²) < 4.78 is 1.83. The van der Waals surface area contributed by atoms with E-state index in [0.29, 0.717) is 6.54 Å². The van der Waals surface area contributed by atoms with Crippen LogP contribution in [0.25, 0.3) is 11.4 Å². The van der Waals surface area contributed by atoms with E-state index in [1.165, 1.54) is 11.1 Å². The summed E-state index contributed by atoms with van der Waals surface area (Å²) in [6, 6.07) is 18.3. The number of hydrogen-bond donors (Lipinski definition) is 0. The predicted molar refractivity (Wildman–Crippen MR) is 73.5 cm³/mol. The number of rotatable bonds is 3. The molecule has 0 amide bonds. The van der Waals surface area contributed by atoms with Crippen LogP contribution in [0.5, 0.6) is 0 Å². The fourth-order valence-corrected chi connectivity index (χ4v) is 2.05. The fraction of sp³-hybridized carbons (Fsp3) is 0.133. The topological polar surface area (TPSA) is 43.6 Å². The van der Waals surface area contributed by atoms with E-state index in [2.05, 4.69) is 34.6 Å². The maximum atomic E-state index is 4.11. The molecule has 0 N–H and O–H groups in total. The summed E-state index contributed by atoms with van der Waals surface area (Å²) in [5.41, 5.74) is 3.50. The molecular formula is C15H14N4. The summed E-state index contributed by atoms with van der Waals surface area (Å²) in [6.45, 7) is 2.78. The summed E-state index contributed by atoms with van der Waals surface area (Å²) >= 11 is 0. The Labute approximate surface area is 111 Å². The van der Waals surface area contributed by atoms with Gasteiger partial charge in [0.15, 0.2) is 5.82 Å². The van der Waals surface area contributed by atoms with E-state index < -0.39 is 0 Å².